The van der Waals surface area contributed by atoms with Crippen LogP contribution in [-0.2, 0) is 0 Å². The maximum Gasteiger partial charge on any atom is 0.275 e. The highest BCUT2D eigenvalue weighted by Gasteiger charge is 2.23. The highest BCUT2D eigenvalue weighted by molar-refractivity contribution is 6.99. The highest BCUT2D eigenvalue weighted by Crippen LogP contribution is 2.12. The van der Waals surface area contributed by atoms with Crippen LogP contribution in [0.4, 0.5) is 0 Å². The molecule has 0 unspecified atom stereocenters. The molecule has 0 aliphatic carbocycles. The van der Waals surface area contributed by atoms with E-state index in [-0.39, 0.29) is 5.91 Å². The molecule has 1 aromatic rings. The lowest BCUT2D eigenvalue weighted by Crippen LogP contribution is -2.44. The lowest BCUT2D eigenvalue weighted by atomic mass is 10.1. The maximum atomic E-state index is 11.9. The summed E-state index contributed by atoms with van der Waals surface area (Å²) in [7, 11) is 1.96. The van der Waals surface area contributed by atoms with Gasteiger partial charge in [-0.25, -0.2) is 0 Å². The molecule has 1 amide bonds. The van der Waals surface area contributed by atoms with Gasteiger partial charge in [0.2, 0.25) is 0 Å². The van der Waals surface area contributed by atoms with Gasteiger partial charge >= 0.3 is 0 Å². The number of hydrogen-bond donors (Lipinski definition) is 1. The molecule has 1 N–H and O–H groups in total. The number of carbonyl (C=O) groups is 1. The zero-order chi connectivity index (χ0) is 10.7. The average molecular weight is 226 g/mol. The summed E-state index contributed by atoms with van der Waals surface area (Å²) < 4.78 is 7.79. The van der Waals surface area contributed by atoms with Gasteiger partial charge in [-0.2, -0.15) is 8.75 Å². The highest BCUT2D eigenvalue weighted by atomic mass is 32.1. The fraction of sp³-hybridized carbons (Fsp3) is 0.667. The van der Waals surface area contributed by atoms with Crippen LogP contribution in [-0.4, -0.2) is 45.7 Å². The second-order valence-electron chi connectivity index (χ2n) is 3.65. The Morgan fingerprint density at radius 3 is 2.87 bits per heavy atom. The number of hydrogen-bond acceptors (Lipinski definition) is 5. The number of carbonyl (C=O) groups excluding carboxylic acids is 1. The van der Waals surface area contributed by atoms with Crippen molar-refractivity contribution >= 4 is 17.6 Å². The second kappa shape index (κ2) is 4.67. The molecule has 1 fully saturated rings. The Balaban J connectivity index is 1.93. The van der Waals surface area contributed by atoms with Crippen LogP contribution in [0.5, 0.6) is 0 Å². The van der Waals surface area contributed by atoms with E-state index in [9.17, 15) is 4.79 Å². The molecule has 5 nitrogen and oxygen atoms in total. The molecule has 1 aliphatic rings. The normalized spacial score (nSPS) is 18.1. The number of likely N-dealkylation sites (tertiary alicyclic amines) is 1. The Bertz CT molecular complexity index is 319. The predicted molar refractivity (Wildman–Crippen MR) is 57.9 cm³/mol. The number of rotatable bonds is 2. The van der Waals surface area contributed by atoms with Crippen LogP contribution in [0.25, 0.3) is 0 Å². The lowest BCUT2D eigenvalue weighted by Gasteiger charge is -2.31. The van der Waals surface area contributed by atoms with Gasteiger partial charge in [-0.1, -0.05) is 0 Å². The van der Waals surface area contributed by atoms with Gasteiger partial charge in [-0.05, 0) is 19.9 Å². The van der Waals surface area contributed by atoms with E-state index in [0.29, 0.717) is 11.7 Å². The first kappa shape index (κ1) is 10.5. The van der Waals surface area contributed by atoms with Crippen molar-refractivity contribution in [2.45, 2.75) is 18.9 Å². The molecule has 15 heavy (non-hydrogen) atoms. The molecule has 2 heterocycles. The average Bonchev–Trinajstić information content (AvgIpc) is 2.82. The largest absolute Gasteiger partial charge is 0.337 e. The summed E-state index contributed by atoms with van der Waals surface area (Å²) in [5.74, 6) is 0.0123. The third-order valence-corrected chi connectivity index (χ3v) is 3.25. The number of amides is 1. The van der Waals surface area contributed by atoms with Crippen molar-refractivity contribution in [2.24, 2.45) is 0 Å². The Kier molecular flexibility index (Phi) is 3.27. The summed E-state index contributed by atoms with van der Waals surface area (Å²) in [6, 6.07) is 0.544. The third-order valence-electron chi connectivity index (χ3n) is 2.77. The van der Waals surface area contributed by atoms with Gasteiger partial charge in [0.1, 0.15) is 0 Å². The van der Waals surface area contributed by atoms with E-state index >= 15 is 0 Å². The first-order chi connectivity index (χ1) is 7.31. The van der Waals surface area contributed by atoms with Crippen molar-refractivity contribution in [3.63, 3.8) is 0 Å². The zero-order valence-corrected chi connectivity index (χ0v) is 9.46. The van der Waals surface area contributed by atoms with Crippen LogP contribution >= 0.6 is 11.7 Å². The summed E-state index contributed by atoms with van der Waals surface area (Å²) in [5.41, 5.74) is 0.475. The van der Waals surface area contributed by atoms with Gasteiger partial charge in [0.15, 0.2) is 5.69 Å². The van der Waals surface area contributed by atoms with Gasteiger partial charge in [-0.15, -0.1) is 0 Å². The predicted octanol–water partition coefficient (Wildman–Crippen LogP) is 0.362. The zero-order valence-electron chi connectivity index (χ0n) is 8.64. The smallest absolute Gasteiger partial charge is 0.275 e. The van der Waals surface area contributed by atoms with Crippen LogP contribution in [0.15, 0.2) is 6.20 Å². The van der Waals surface area contributed by atoms with E-state index in [1.165, 1.54) is 6.20 Å². The van der Waals surface area contributed by atoms with Gasteiger partial charge < -0.3 is 10.2 Å². The molecular weight excluding hydrogens is 212 g/mol. The van der Waals surface area contributed by atoms with Crippen LogP contribution in [0, 0.1) is 0 Å². The molecular formula is C9H14N4OS. The molecule has 0 aromatic carbocycles. The Hall–Kier alpha value is -1.01. The second-order valence-corrected chi connectivity index (χ2v) is 4.20. The van der Waals surface area contributed by atoms with E-state index < -0.39 is 0 Å². The number of nitrogens with zero attached hydrogens (tertiary/aromatic N) is 3. The van der Waals surface area contributed by atoms with E-state index in [1.807, 2.05) is 11.9 Å². The van der Waals surface area contributed by atoms with Gasteiger partial charge in [0.25, 0.3) is 5.91 Å². The van der Waals surface area contributed by atoms with Crippen molar-refractivity contribution in [3.05, 3.63) is 11.9 Å². The van der Waals surface area contributed by atoms with Crippen molar-refractivity contribution in [3.8, 4) is 0 Å². The molecule has 0 saturated carbocycles. The molecule has 2 rings (SSSR count). The summed E-state index contributed by atoms with van der Waals surface area (Å²) in [6.45, 7) is 1.61. The topological polar surface area (TPSA) is 58.1 Å². The summed E-state index contributed by atoms with van der Waals surface area (Å²) in [6.07, 6.45) is 3.57. The Labute approximate surface area is 92.8 Å². The number of nitrogens with one attached hydrogen (secondary N) is 1. The van der Waals surface area contributed by atoms with Gasteiger partial charge in [0, 0.05) is 19.1 Å². The quantitative estimate of drug-likeness (QED) is 0.791. The monoisotopic (exact) mass is 226 g/mol. The Morgan fingerprint density at radius 2 is 2.33 bits per heavy atom. The van der Waals surface area contributed by atoms with Crippen molar-refractivity contribution in [1.82, 2.24) is 19.0 Å². The summed E-state index contributed by atoms with van der Waals surface area (Å²) in [5, 5.41) is 3.23. The van der Waals surface area contributed by atoms with Crippen LogP contribution in [0.3, 0.4) is 0 Å². The molecule has 0 bridgehead atoms. The SMILES string of the molecule is CNC1CCN(C(=O)c2cnsn2)CC1. The van der Waals surface area contributed by atoms with Crippen molar-refractivity contribution in [1.29, 1.82) is 0 Å². The Morgan fingerprint density at radius 1 is 1.60 bits per heavy atom. The molecule has 0 atom stereocenters. The summed E-state index contributed by atoms with van der Waals surface area (Å²) in [4.78, 5) is 13.7. The lowest BCUT2D eigenvalue weighted by molar-refractivity contribution is 0.0702. The number of piperidine rings is 1. The van der Waals surface area contributed by atoms with Crippen LogP contribution < -0.4 is 5.32 Å². The van der Waals surface area contributed by atoms with Gasteiger partial charge in [-0.3, -0.25) is 4.79 Å². The van der Waals surface area contributed by atoms with Crippen LogP contribution in [0.1, 0.15) is 23.3 Å². The van der Waals surface area contributed by atoms with Crippen molar-refractivity contribution in [2.75, 3.05) is 20.1 Å². The first-order valence-corrected chi connectivity index (χ1v) is 5.78. The summed E-state index contributed by atoms with van der Waals surface area (Å²) >= 11 is 1.08. The molecule has 0 spiro atoms. The standard InChI is InChI=1S/C9H14N4OS/c1-10-7-2-4-13(5-3-7)9(14)8-6-11-15-12-8/h6-7,10H,2-5H2,1H3. The first-order valence-electron chi connectivity index (χ1n) is 5.05. The van der Waals surface area contributed by atoms with Gasteiger partial charge in [0.05, 0.1) is 17.9 Å². The third kappa shape index (κ3) is 2.32. The van der Waals surface area contributed by atoms with E-state index in [0.717, 1.165) is 37.7 Å². The van der Waals surface area contributed by atoms with Crippen LogP contribution in [0.2, 0.25) is 0 Å². The van der Waals surface area contributed by atoms with Crippen molar-refractivity contribution < 1.29 is 4.79 Å². The molecule has 1 aromatic heterocycles. The van der Waals surface area contributed by atoms with E-state index in [1.54, 1.807) is 0 Å². The molecule has 1 aliphatic heterocycles. The minimum Gasteiger partial charge on any atom is -0.337 e. The molecule has 82 valence electrons. The minimum atomic E-state index is 0.0123. The molecule has 0 radical (unpaired) electrons. The minimum absolute atomic E-state index is 0.0123. The molecule has 6 heteroatoms. The fourth-order valence-electron chi connectivity index (χ4n) is 1.79. The fourth-order valence-corrected chi connectivity index (χ4v) is 2.20. The van der Waals surface area contributed by atoms with E-state index in [2.05, 4.69) is 14.1 Å². The van der Waals surface area contributed by atoms with E-state index in [4.69, 9.17) is 0 Å². The molecule has 1 saturated heterocycles. The maximum absolute atomic E-state index is 11.9. The number of aromatic nitrogens is 2.